The van der Waals surface area contributed by atoms with E-state index in [0.29, 0.717) is 12.2 Å². The fraction of sp³-hybridized carbons (Fsp3) is 0.333. The SMILES string of the molecule is Cc1ccc(NC(=O)CSCc2ccccc2)cc1N1CCCCC1=O. The predicted molar refractivity (Wildman–Crippen MR) is 109 cm³/mol. The van der Waals surface area contributed by atoms with Gasteiger partial charge in [0.2, 0.25) is 11.8 Å². The van der Waals surface area contributed by atoms with Crippen molar-refractivity contribution in [2.45, 2.75) is 31.9 Å². The molecule has 0 atom stereocenters. The molecule has 1 fully saturated rings. The molecule has 1 saturated heterocycles. The number of piperidine rings is 1. The first kappa shape index (κ1) is 18.5. The van der Waals surface area contributed by atoms with Crippen molar-refractivity contribution in [1.29, 1.82) is 0 Å². The Morgan fingerprint density at radius 3 is 2.73 bits per heavy atom. The molecular weight excluding hydrogens is 344 g/mol. The van der Waals surface area contributed by atoms with E-state index in [9.17, 15) is 9.59 Å². The molecule has 2 amide bonds. The predicted octanol–water partition coefficient (Wildman–Crippen LogP) is 4.38. The summed E-state index contributed by atoms with van der Waals surface area (Å²) in [5.41, 5.74) is 3.92. The van der Waals surface area contributed by atoms with Gasteiger partial charge in [0, 0.05) is 30.1 Å². The second kappa shape index (κ2) is 8.90. The number of amides is 2. The van der Waals surface area contributed by atoms with E-state index in [-0.39, 0.29) is 11.8 Å². The maximum atomic E-state index is 12.2. The highest BCUT2D eigenvalue weighted by molar-refractivity contribution is 7.99. The number of nitrogens with zero attached hydrogens (tertiary/aromatic N) is 1. The third-order valence-corrected chi connectivity index (χ3v) is 5.46. The molecule has 3 rings (SSSR count). The molecule has 26 heavy (non-hydrogen) atoms. The largest absolute Gasteiger partial charge is 0.325 e. The van der Waals surface area contributed by atoms with Crippen molar-refractivity contribution in [1.82, 2.24) is 0 Å². The molecule has 5 heteroatoms. The minimum absolute atomic E-state index is 0.0225. The second-order valence-electron chi connectivity index (χ2n) is 6.53. The van der Waals surface area contributed by atoms with Crippen molar-refractivity contribution < 1.29 is 9.59 Å². The first-order valence-corrected chi connectivity index (χ1v) is 10.1. The van der Waals surface area contributed by atoms with Crippen LogP contribution in [0.5, 0.6) is 0 Å². The van der Waals surface area contributed by atoms with E-state index < -0.39 is 0 Å². The summed E-state index contributed by atoms with van der Waals surface area (Å²) in [6, 6.07) is 15.9. The van der Waals surface area contributed by atoms with Crippen molar-refractivity contribution in [2.75, 3.05) is 22.5 Å². The summed E-state index contributed by atoms with van der Waals surface area (Å²) in [6.45, 7) is 2.75. The lowest BCUT2D eigenvalue weighted by Gasteiger charge is -2.28. The van der Waals surface area contributed by atoms with Gasteiger partial charge in [-0.15, -0.1) is 11.8 Å². The standard InChI is InChI=1S/C21H24N2O2S/c1-16-10-11-18(13-19(16)23-12-6-5-9-21(23)25)22-20(24)15-26-14-17-7-3-2-4-8-17/h2-4,7-8,10-11,13H,5-6,9,12,14-15H2,1H3,(H,22,24). The highest BCUT2D eigenvalue weighted by Crippen LogP contribution is 2.28. The molecule has 0 bridgehead atoms. The molecule has 1 aliphatic heterocycles. The lowest BCUT2D eigenvalue weighted by molar-refractivity contribution is -0.119. The minimum atomic E-state index is -0.0225. The summed E-state index contributed by atoms with van der Waals surface area (Å²) < 4.78 is 0. The van der Waals surface area contributed by atoms with Crippen LogP contribution in [0, 0.1) is 6.92 Å². The van der Waals surface area contributed by atoms with E-state index in [1.54, 1.807) is 11.8 Å². The summed E-state index contributed by atoms with van der Waals surface area (Å²) >= 11 is 1.59. The number of benzene rings is 2. The quantitative estimate of drug-likeness (QED) is 0.823. The number of carbonyl (C=O) groups is 2. The average molecular weight is 369 g/mol. The Labute approximate surface area is 159 Å². The zero-order valence-corrected chi connectivity index (χ0v) is 15.8. The summed E-state index contributed by atoms with van der Waals surface area (Å²) in [4.78, 5) is 26.3. The number of nitrogens with one attached hydrogen (secondary N) is 1. The molecule has 2 aromatic rings. The van der Waals surface area contributed by atoms with Crippen LogP contribution in [0.2, 0.25) is 0 Å². The Hall–Kier alpha value is -2.27. The van der Waals surface area contributed by atoms with Gasteiger partial charge >= 0.3 is 0 Å². The fourth-order valence-electron chi connectivity index (χ4n) is 3.07. The van der Waals surface area contributed by atoms with Crippen LogP contribution < -0.4 is 10.2 Å². The number of carbonyl (C=O) groups excluding carboxylic acids is 2. The van der Waals surface area contributed by atoms with Crippen LogP contribution in [0.1, 0.15) is 30.4 Å². The number of hydrogen-bond donors (Lipinski definition) is 1. The molecule has 0 spiro atoms. The monoisotopic (exact) mass is 368 g/mol. The van der Waals surface area contributed by atoms with Gasteiger partial charge < -0.3 is 10.2 Å². The van der Waals surface area contributed by atoms with Crippen molar-refractivity contribution in [3.05, 3.63) is 59.7 Å². The van der Waals surface area contributed by atoms with Crippen LogP contribution in [0.25, 0.3) is 0 Å². The number of rotatable bonds is 6. The van der Waals surface area contributed by atoms with Gasteiger partial charge in [0.25, 0.3) is 0 Å². The Kier molecular flexibility index (Phi) is 6.34. The van der Waals surface area contributed by atoms with Crippen LogP contribution in [-0.4, -0.2) is 24.1 Å². The first-order chi connectivity index (χ1) is 12.6. The molecule has 0 unspecified atom stereocenters. The smallest absolute Gasteiger partial charge is 0.234 e. The molecule has 0 aliphatic carbocycles. The Balaban J connectivity index is 1.58. The fourth-order valence-corrected chi connectivity index (χ4v) is 3.86. The second-order valence-corrected chi connectivity index (χ2v) is 7.52. The number of anilines is 2. The summed E-state index contributed by atoms with van der Waals surface area (Å²) in [6.07, 6.45) is 2.59. The van der Waals surface area contributed by atoms with E-state index in [1.165, 1.54) is 5.56 Å². The van der Waals surface area contributed by atoms with Gasteiger partial charge in [-0.2, -0.15) is 0 Å². The van der Waals surface area contributed by atoms with Crippen LogP contribution in [-0.2, 0) is 15.3 Å². The molecule has 2 aromatic carbocycles. The Morgan fingerprint density at radius 2 is 1.96 bits per heavy atom. The van der Waals surface area contributed by atoms with Gasteiger partial charge in [0.15, 0.2) is 0 Å². The lowest BCUT2D eigenvalue weighted by atomic mass is 10.1. The Morgan fingerprint density at radius 1 is 1.15 bits per heavy atom. The molecule has 0 radical (unpaired) electrons. The molecular formula is C21H24N2O2S. The lowest BCUT2D eigenvalue weighted by Crippen LogP contribution is -2.35. The maximum Gasteiger partial charge on any atom is 0.234 e. The third-order valence-electron chi connectivity index (χ3n) is 4.45. The van der Waals surface area contributed by atoms with Crippen molar-refractivity contribution in [3.8, 4) is 0 Å². The maximum absolute atomic E-state index is 12.2. The van der Waals surface area contributed by atoms with Gasteiger partial charge in [-0.3, -0.25) is 9.59 Å². The van der Waals surface area contributed by atoms with Crippen LogP contribution in [0.15, 0.2) is 48.5 Å². The zero-order valence-electron chi connectivity index (χ0n) is 15.0. The molecule has 1 aliphatic rings. The van der Waals surface area contributed by atoms with E-state index in [2.05, 4.69) is 17.4 Å². The zero-order chi connectivity index (χ0) is 18.4. The van der Waals surface area contributed by atoms with Gasteiger partial charge in [0.1, 0.15) is 0 Å². The molecule has 1 heterocycles. The highest BCUT2D eigenvalue weighted by atomic mass is 32.2. The normalized spacial score (nSPS) is 14.3. The molecule has 4 nitrogen and oxygen atoms in total. The highest BCUT2D eigenvalue weighted by Gasteiger charge is 2.21. The minimum Gasteiger partial charge on any atom is -0.325 e. The van der Waals surface area contributed by atoms with Gasteiger partial charge in [-0.25, -0.2) is 0 Å². The van der Waals surface area contributed by atoms with Crippen LogP contribution in [0.3, 0.4) is 0 Å². The van der Waals surface area contributed by atoms with Gasteiger partial charge in [0.05, 0.1) is 5.75 Å². The van der Waals surface area contributed by atoms with E-state index >= 15 is 0 Å². The van der Waals surface area contributed by atoms with E-state index in [0.717, 1.165) is 42.1 Å². The third kappa shape index (κ3) is 4.88. The molecule has 136 valence electrons. The number of aryl methyl sites for hydroxylation is 1. The van der Waals surface area contributed by atoms with Crippen molar-refractivity contribution >= 4 is 35.0 Å². The van der Waals surface area contributed by atoms with Crippen LogP contribution in [0.4, 0.5) is 11.4 Å². The molecule has 0 aromatic heterocycles. The number of thioether (sulfide) groups is 1. The number of hydrogen-bond acceptors (Lipinski definition) is 3. The van der Waals surface area contributed by atoms with Crippen molar-refractivity contribution in [2.24, 2.45) is 0 Å². The first-order valence-electron chi connectivity index (χ1n) is 8.96. The average Bonchev–Trinajstić information content (AvgIpc) is 2.65. The summed E-state index contributed by atoms with van der Waals surface area (Å²) in [7, 11) is 0. The van der Waals surface area contributed by atoms with E-state index in [4.69, 9.17) is 0 Å². The summed E-state index contributed by atoms with van der Waals surface area (Å²) in [5, 5.41) is 2.95. The topological polar surface area (TPSA) is 49.4 Å². The van der Waals surface area contributed by atoms with Gasteiger partial charge in [-0.1, -0.05) is 36.4 Å². The van der Waals surface area contributed by atoms with Gasteiger partial charge in [-0.05, 0) is 43.0 Å². The Bertz CT molecular complexity index is 777. The molecule has 0 saturated carbocycles. The van der Waals surface area contributed by atoms with Crippen molar-refractivity contribution in [3.63, 3.8) is 0 Å². The van der Waals surface area contributed by atoms with Crippen LogP contribution >= 0.6 is 11.8 Å². The van der Waals surface area contributed by atoms with E-state index in [1.807, 2.05) is 48.2 Å². The molecule has 1 N–H and O–H groups in total. The summed E-state index contributed by atoms with van der Waals surface area (Å²) in [5.74, 6) is 1.36.